The number of ether oxygens (including phenoxy) is 1. The van der Waals surface area contributed by atoms with Crippen molar-refractivity contribution >= 4 is 5.97 Å². The van der Waals surface area contributed by atoms with Crippen molar-refractivity contribution in [3.8, 4) is 5.69 Å². The highest BCUT2D eigenvalue weighted by molar-refractivity contribution is 5.76. The minimum absolute atomic E-state index is 0.0529. The number of benzene rings is 1. The molecule has 0 radical (unpaired) electrons. The summed E-state index contributed by atoms with van der Waals surface area (Å²) in [5.74, 6) is -0.199. The number of halogens is 1. The summed E-state index contributed by atoms with van der Waals surface area (Å²) >= 11 is 0. The number of rotatable bonds is 4. The van der Waals surface area contributed by atoms with Crippen LogP contribution in [0.5, 0.6) is 0 Å². The second-order valence-electron chi connectivity index (χ2n) is 7.13. The van der Waals surface area contributed by atoms with Crippen molar-refractivity contribution in [3.05, 3.63) is 48.0 Å². The van der Waals surface area contributed by atoms with Gasteiger partial charge in [-0.25, -0.2) is 9.07 Å². The number of piperidine rings is 1. The Morgan fingerprint density at radius 2 is 2.00 bits per heavy atom. The fraction of sp³-hybridized carbons (Fsp3) is 0.474. The van der Waals surface area contributed by atoms with E-state index in [2.05, 4.69) is 10.00 Å². The van der Waals surface area contributed by atoms with Crippen LogP contribution in [0.3, 0.4) is 0 Å². The number of likely N-dealkylation sites (tertiary alicyclic amines) is 1. The Morgan fingerprint density at radius 3 is 2.68 bits per heavy atom. The third kappa shape index (κ3) is 3.06. The molecule has 1 atom stereocenters. The minimum atomic E-state index is -0.247. The van der Waals surface area contributed by atoms with Crippen LogP contribution >= 0.6 is 0 Å². The largest absolute Gasteiger partial charge is 0.469 e. The molecule has 2 heterocycles. The van der Waals surface area contributed by atoms with Gasteiger partial charge in [-0.15, -0.1) is 0 Å². The number of esters is 1. The Morgan fingerprint density at radius 1 is 1.28 bits per heavy atom. The van der Waals surface area contributed by atoms with Crippen LogP contribution in [0.4, 0.5) is 4.39 Å². The Hall–Kier alpha value is -2.21. The average molecular weight is 343 g/mol. The van der Waals surface area contributed by atoms with Gasteiger partial charge in [0.05, 0.1) is 24.4 Å². The highest BCUT2D eigenvalue weighted by Crippen LogP contribution is 2.59. The average Bonchev–Trinajstić information content (AvgIpc) is 3.13. The van der Waals surface area contributed by atoms with Crippen molar-refractivity contribution in [2.24, 2.45) is 11.3 Å². The summed E-state index contributed by atoms with van der Waals surface area (Å²) in [6.45, 7) is 2.75. The van der Waals surface area contributed by atoms with Crippen LogP contribution in [0.2, 0.25) is 0 Å². The van der Waals surface area contributed by atoms with Gasteiger partial charge >= 0.3 is 5.97 Å². The molecule has 25 heavy (non-hydrogen) atoms. The van der Waals surface area contributed by atoms with Crippen LogP contribution in [0.1, 0.15) is 25.0 Å². The summed E-state index contributed by atoms with van der Waals surface area (Å²) in [5.41, 5.74) is 2.13. The van der Waals surface area contributed by atoms with Gasteiger partial charge in [0.1, 0.15) is 5.82 Å². The molecule has 0 bridgehead atoms. The van der Waals surface area contributed by atoms with Crippen LogP contribution in [0.25, 0.3) is 5.69 Å². The molecular weight excluding hydrogens is 321 g/mol. The van der Waals surface area contributed by atoms with Crippen molar-refractivity contribution in [1.29, 1.82) is 0 Å². The van der Waals surface area contributed by atoms with Gasteiger partial charge < -0.3 is 4.74 Å². The van der Waals surface area contributed by atoms with E-state index in [1.807, 2.05) is 10.7 Å². The van der Waals surface area contributed by atoms with Crippen molar-refractivity contribution in [2.45, 2.75) is 25.8 Å². The number of nitrogens with zero attached hydrogens (tertiary/aromatic N) is 3. The highest BCUT2D eigenvalue weighted by atomic mass is 19.1. The summed E-state index contributed by atoms with van der Waals surface area (Å²) < 4.78 is 19.9. The molecule has 132 valence electrons. The number of carbonyl (C=O) groups is 1. The first-order chi connectivity index (χ1) is 12.1. The lowest BCUT2D eigenvalue weighted by molar-refractivity contribution is -0.143. The number of hydrogen-bond donors (Lipinski definition) is 0. The standard InChI is InChI=1S/C19H22FN3O2/c1-25-18(24)17-12-19(17)7-10-22(11-8-19)13-16-6-9-21-23(16)15-4-2-14(20)3-5-15/h2-6,9,17H,7-8,10-13H2,1H3/t17-/m0/s1. The van der Waals surface area contributed by atoms with Crippen LogP contribution in [-0.2, 0) is 16.1 Å². The first-order valence-electron chi connectivity index (χ1n) is 8.70. The fourth-order valence-corrected chi connectivity index (χ4v) is 4.03. The van der Waals surface area contributed by atoms with E-state index in [1.54, 1.807) is 18.3 Å². The quantitative estimate of drug-likeness (QED) is 0.801. The maximum atomic E-state index is 13.1. The van der Waals surface area contributed by atoms with Gasteiger partial charge in [-0.1, -0.05) is 0 Å². The smallest absolute Gasteiger partial charge is 0.309 e. The molecule has 1 spiro atoms. The molecule has 4 rings (SSSR count). The lowest BCUT2D eigenvalue weighted by atomic mass is 9.91. The third-order valence-corrected chi connectivity index (χ3v) is 5.71. The van der Waals surface area contributed by atoms with Crippen molar-refractivity contribution in [1.82, 2.24) is 14.7 Å². The summed E-state index contributed by atoms with van der Waals surface area (Å²) in [7, 11) is 1.47. The molecule has 6 heteroatoms. The molecule has 1 aromatic carbocycles. The number of methoxy groups -OCH3 is 1. The van der Waals surface area contributed by atoms with Crippen LogP contribution < -0.4 is 0 Å². The zero-order valence-corrected chi connectivity index (χ0v) is 14.3. The van der Waals surface area contributed by atoms with E-state index in [0.717, 1.165) is 50.3 Å². The zero-order valence-electron chi connectivity index (χ0n) is 14.3. The maximum absolute atomic E-state index is 13.1. The summed E-state index contributed by atoms with van der Waals surface area (Å²) in [4.78, 5) is 14.1. The molecule has 0 N–H and O–H groups in total. The lowest BCUT2D eigenvalue weighted by Gasteiger charge is -2.32. The van der Waals surface area contributed by atoms with E-state index in [-0.39, 0.29) is 23.1 Å². The molecular formula is C19H22FN3O2. The van der Waals surface area contributed by atoms with E-state index in [1.165, 1.54) is 19.2 Å². The van der Waals surface area contributed by atoms with Gasteiger partial charge in [0.15, 0.2) is 0 Å². The van der Waals surface area contributed by atoms with Crippen LogP contribution in [0, 0.1) is 17.2 Å². The SMILES string of the molecule is COC(=O)[C@@H]1CC12CCN(Cc1ccnn1-c1ccc(F)cc1)CC2. The molecule has 0 amide bonds. The summed E-state index contributed by atoms with van der Waals surface area (Å²) in [6.07, 6.45) is 4.83. The molecule has 2 aliphatic rings. The first kappa shape index (κ1) is 16.3. The van der Waals surface area contributed by atoms with E-state index in [9.17, 15) is 9.18 Å². The van der Waals surface area contributed by atoms with E-state index >= 15 is 0 Å². The normalized spacial score (nSPS) is 22.1. The topological polar surface area (TPSA) is 47.4 Å². The van der Waals surface area contributed by atoms with Crippen LogP contribution in [0.15, 0.2) is 36.5 Å². The van der Waals surface area contributed by atoms with Gasteiger partial charge in [-0.3, -0.25) is 9.69 Å². The lowest BCUT2D eigenvalue weighted by Crippen LogP contribution is -2.35. The first-order valence-corrected chi connectivity index (χ1v) is 8.70. The molecule has 0 unspecified atom stereocenters. The Bertz CT molecular complexity index is 763. The molecule has 2 aromatic rings. The molecule has 1 aliphatic heterocycles. The predicted molar refractivity (Wildman–Crippen MR) is 90.6 cm³/mol. The van der Waals surface area contributed by atoms with Crippen molar-refractivity contribution in [2.75, 3.05) is 20.2 Å². The molecule has 1 saturated heterocycles. The maximum Gasteiger partial charge on any atom is 0.309 e. The predicted octanol–water partition coefficient (Wildman–Crippen LogP) is 2.79. The summed E-state index contributed by atoms with van der Waals surface area (Å²) in [6, 6.07) is 8.38. The fourth-order valence-electron chi connectivity index (χ4n) is 4.03. The van der Waals surface area contributed by atoms with Crippen molar-refractivity contribution in [3.63, 3.8) is 0 Å². The zero-order chi connectivity index (χ0) is 17.4. The summed E-state index contributed by atoms with van der Waals surface area (Å²) in [5, 5.41) is 4.38. The van der Waals surface area contributed by atoms with E-state index in [4.69, 9.17) is 4.74 Å². The Balaban J connectivity index is 1.39. The number of hydrogen-bond acceptors (Lipinski definition) is 4. The Kier molecular flexibility index (Phi) is 4.07. The van der Waals surface area contributed by atoms with Crippen molar-refractivity contribution < 1.29 is 13.9 Å². The van der Waals surface area contributed by atoms with E-state index in [0.29, 0.717) is 0 Å². The molecule has 5 nitrogen and oxygen atoms in total. The second-order valence-corrected chi connectivity index (χ2v) is 7.13. The molecule has 2 fully saturated rings. The van der Waals surface area contributed by atoms with E-state index < -0.39 is 0 Å². The van der Waals surface area contributed by atoms with Gasteiger partial charge in [-0.2, -0.15) is 5.10 Å². The monoisotopic (exact) mass is 343 g/mol. The molecule has 1 aromatic heterocycles. The second kappa shape index (κ2) is 6.26. The number of aromatic nitrogens is 2. The molecule has 1 saturated carbocycles. The highest BCUT2D eigenvalue weighted by Gasteiger charge is 2.59. The van der Waals surface area contributed by atoms with Gasteiger partial charge in [0, 0.05) is 12.7 Å². The minimum Gasteiger partial charge on any atom is -0.469 e. The molecule has 1 aliphatic carbocycles. The third-order valence-electron chi connectivity index (χ3n) is 5.71. The Labute approximate surface area is 146 Å². The van der Waals surface area contributed by atoms with Gasteiger partial charge in [-0.05, 0) is 68.1 Å². The van der Waals surface area contributed by atoms with Gasteiger partial charge in [0.25, 0.3) is 0 Å². The number of carbonyl (C=O) groups excluding carboxylic acids is 1. The van der Waals surface area contributed by atoms with Crippen LogP contribution in [-0.4, -0.2) is 40.8 Å². The van der Waals surface area contributed by atoms with Gasteiger partial charge in [0.2, 0.25) is 0 Å².